The summed E-state index contributed by atoms with van der Waals surface area (Å²) >= 11 is 0. The Morgan fingerprint density at radius 3 is 2.44 bits per heavy atom. The van der Waals surface area contributed by atoms with Crippen LogP contribution >= 0.6 is 0 Å². The van der Waals surface area contributed by atoms with Crippen molar-refractivity contribution in [1.82, 2.24) is 4.90 Å². The summed E-state index contributed by atoms with van der Waals surface area (Å²) in [6.45, 7) is 11.7. The summed E-state index contributed by atoms with van der Waals surface area (Å²) in [7, 11) is 2.28. The van der Waals surface area contributed by atoms with Crippen molar-refractivity contribution in [3.8, 4) is 0 Å². The molecule has 18 heavy (non-hydrogen) atoms. The molecule has 100 valence electrons. The number of hydrogen-bond donors (Lipinski definition) is 0. The fraction of sp³-hybridized carbons (Fsp3) is 0.647. The Labute approximate surface area is 112 Å². The molecule has 0 saturated heterocycles. The van der Waals surface area contributed by atoms with Crippen LogP contribution in [0.15, 0.2) is 24.3 Å². The van der Waals surface area contributed by atoms with Crippen LogP contribution in [-0.4, -0.2) is 17.5 Å². The lowest BCUT2D eigenvalue weighted by atomic mass is 9.78. The smallest absolute Gasteiger partial charge is 0.0409 e. The van der Waals surface area contributed by atoms with E-state index in [-0.39, 0.29) is 5.54 Å². The fourth-order valence-electron chi connectivity index (χ4n) is 3.25. The molecule has 0 spiro atoms. The van der Waals surface area contributed by atoms with Gasteiger partial charge in [-0.25, -0.2) is 0 Å². The van der Waals surface area contributed by atoms with E-state index in [4.69, 9.17) is 0 Å². The number of benzene rings is 1. The molecule has 2 rings (SSSR count). The van der Waals surface area contributed by atoms with Gasteiger partial charge in [-0.3, -0.25) is 4.90 Å². The Morgan fingerprint density at radius 1 is 1.28 bits per heavy atom. The summed E-state index contributed by atoms with van der Waals surface area (Å²) in [4.78, 5) is 2.56. The van der Waals surface area contributed by atoms with Crippen molar-refractivity contribution in [1.29, 1.82) is 0 Å². The predicted octanol–water partition coefficient (Wildman–Crippen LogP) is 4.43. The van der Waals surface area contributed by atoms with Gasteiger partial charge in [0.15, 0.2) is 0 Å². The Morgan fingerprint density at radius 2 is 1.89 bits per heavy atom. The van der Waals surface area contributed by atoms with Gasteiger partial charge in [-0.1, -0.05) is 38.1 Å². The van der Waals surface area contributed by atoms with Gasteiger partial charge in [0.05, 0.1) is 0 Å². The first-order chi connectivity index (χ1) is 8.29. The quantitative estimate of drug-likeness (QED) is 0.745. The summed E-state index contributed by atoms with van der Waals surface area (Å²) in [5.74, 6) is 0. The Hall–Kier alpha value is -0.820. The minimum atomic E-state index is 0.207. The topological polar surface area (TPSA) is 3.24 Å². The molecule has 0 saturated carbocycles. The van der Waals surface area contributed by atoms with E-state index in [2.05, 4.69) is 70.8 Å². The van der Waals surface area contributed by atoms with Crippen molar-refractivity contribution in [2.75, 3.05) is 7.05 Å². The van der Waals surface area contributed by atoms with Crippen LogP contribution in [0.5, 0.6) is 0 Å². The minimum Gasteiger partial charge on any atom is -0.294 e. The Balaban J connectivity index is 2.47. The highest BCUT2D eigenvalue weighted by Gasteiger charge is 2.45. The van der Waals surface area contributed by atoms with Crippen molar-refractivity contribution < 1.29 is 0 Å². The summed E-state index contributed by atoms with van der Waals surface area (Å²) in [6, 6.07) is 9.53. The molecule has 0 amide bonds. The second-order valence-electron chi connectivity index (χ2n) is 7.07. The van der Waals surface area contributed by atoms with Crippen LogP contribution in [0, 0.1) is 5.41 Å². The molecule has 0 aromatic heterocycles. The zero-order valence-corrected chi connectivity index (χ0v) is 12.7. The van der Waals surface area contributed by atoms with Crippen molar-refractivity contribution in [2.24, 2.45) is 5.41 Å². The third-order valence-electron chi connectivity index (χ3n) is 4.86. The molecule has 0 unspecified atom stereocenters. The molecule has 1 aliphatic carbocycles. The van der Waals surface area contributed by atoms with Gasteiger partial charge in [0, 0.05) is 11.6 Å². The first-order valence-electron chi connectivity index (χ1n) is 7.10. The van der Waals surface area contributed by atoms with Crippen LogP contribution in [0.25, 0.3) is 0 Å². The number of hydrogen-bond acceptors (Lipinski definition) is 1. The SMILES string of the molecule is CC[C@]1(C)Cc2ccccc2[C@@H]1N(C)C(C)(C)C. The predicted molar refractivity (Wildman–Crippen MR) is 78.8 cm³/mol. The maximum atomic E-state index is 2.56. The van der Waals surface area contributed by atoms with Gasteiger partial charge < -0.3 is 0 Å². The molecule has 1 nitrogen and oxygen atoms in total. The molecular formula is C17H27N. The van der Waals surface area contributed by atoms with Crippen LogP contribution in [0.2, 0.25) is 0 Å². The lowest BCUT2D eigenvalue weighted by Crippen LogP contribution is -2.45. The molecule has 0 bridgehead atoms. The van der Waals surface area contributed by atoms with Crippen LogP contribution in [0.1, 0.15) is 58.2 Å². The number of rotatable bonds is 2. The largest absolute Gasteiger partial charge is 0.294 e. The summed E-state index contributed by atoms with van der Waals surface area (Å²) in [5, 5.41) is 0. The third kappa shape index (κ3) is 2.09. The highest BCUT2D eigenvalue weighted by atomic mass is 15.2. The molecule has 0 N–H and O–H groups in total. The van der Waals surface area contributed by atoms with Gasteiger partial charge >= 0.3 is 0 Å². The van der Waals surface area contributed by atoms with Crippen LogP contribution in [0.3, 0.4) is 0 Å². The van der Waals surface area contributed by atoms with Gasteiger partial charge in [-0.15, -0.1) is 0 Å². The average Bonchev–Trinajstić information content (AvgIpc) is 2.59. The van der Waals surface area contributed by atoms with Gasteiger partial charge in [0.1, 0.15) is 0 Å². The van der Waals surface area contributed by atoms with E-state index in [0.717, 1.165) is 0 Å². The van der Waals surface area contributed by atoms with E-state index in [1.807, 2.05) is 0 Å². The maximum Gasteiger partial charge on any atom is 0.0409 e. The zero-order valence-electron chi connectivity index (χ0n) is 12.7. The van der Waals surface area contributed by atoms with Crippen molar-refractivity contribution in [3.63, 3.8) is 0 Å². The van der Waals surface area contributed by atoms with Crippen molar-refractivity contribution in [2.45, 2.75) is 59.0 Å². The first kappa shape index (κ1) is 13.6. The summed E-state index contributed by atoms with van der Waals surface area (Å²) in [5.41, 5.74) is 3.66. The Bertz CT molecular complexity index is 429. The molecule has 0 aliphatic heterocycles. The lowest BCUT2D eigenvalue weighted by molar-refractivity contribution is 0.0383. The van der Waals surface area contributed by atoms with Gasteiger partial charge in [-0.05, 0) is 57.2 Å². The van der Waals surface area contributed by atoms with Crippen molar-refractivity contribution >= 4 is 0 Å². The number of fused-ring (bicyclic) bond motifs is 1. The highest BCUT2D eigenvalue weighted by molar-refractivity contribution is 5.38. The zero-order chi connectivity index (χ0) is 13.6. The Kier molecular flexibility index (Phi) is 3.31. The molecule has 2 atom stereocenters. The molecular weight excluding hydrogens is 218 g/mol. The van der Waals surface area contributed by atoms with E-state index in [9.17, 15) is 0 Å². The van der Waals surface area contributed by atoms with Crippen LogP contribution in [0.4, 0.5) is 0 Å². The molecule has 0 heterocycles. The highest BCUT2D eigenvalue weighted by Crippen LogP contribution is 2.51. The van der Waals surface area contributed by atoms with Crippen LogP contribution in [-0.2, 0) is 6.42 Å². The molecule has 1 aromatic rings. The maximum absolute atomic E-state index is 2.56. The lowest BCUT2D eigenvalue weighted by Gasteiger charge is -2.44. The van der Waals surface area contributed by atoms with Crippen molar-refractivity contribution in [3.05, 3.63) is 35.4 Å². The average molecular weight is 245 g/mol. The molecule has 0 fully saturated rings. The second-order valence-corrected chi connectivity index (χ2v) is 7.07. The fourth-order valence-corrected chi connectivity index (χ4v) is 3.25. The summed E-state index contributed by atoms with van der Waals surface area (Å²) < 4.78 is 0. The first-order valence-corrected chi connectivity index (χ1v) is 7.10. The van der Waals surface area contributed by atoms with E-state index in [1.165, 1.54) is 12.8 Å². The minimum absolute atomic E-state index is 0.207. The molecule has 0 radical (unpaired) electrons. The molecule has 1 aliphatic rings. The van der Waals surface area contributed by atoms with E-state index in [1.54, 1.807) is 11.1 Å². The monoisotopic (exact) mass is 245 g/mol. The standard InChI is InChI=1S/C17H27N/c1-7-17(5)12-13-10-8-9-11-14(13)15(17)18(6)16(2,3)4/h8-11,15H,7,12H2,1-6H3/t15-,17+/m0/s1. The van der Waals surface area contributed by atoms with Gasteiger partial charge in [0.2, 0.25) is 0 Å². The second kappa shape index (κ2) is 4.38. The van der Waals surface area contributed by atoms with Crippen LogP contribution < -0.4 is 0 Å². The van der Waals surface area contributed by atoms with E-state index >= 15 is 0 Å². The van der Waals surface area contributed by atoms with Gasteiger partial charge in [0.25, 0.3) is 0 Å². The van der Waals surface area contributed by atoms with Gasteiger partial charge in [-0.2, -0.15) is 0 Å². The molecule has 1 aromatic carbocycles. The van der Waals surface area contributed by atoms with E-state index in [0.29, 0.717) is 11.5 Å². The molecule has 1 heteroatoms. The number of nitrogens with zero attached hydrogens (tertiary/aromatic N) is 1. The third-order valence-corrected chi connectivity index (χ3v) is 4.86. The normalized spacial score (nSPS) is 27.6. The summed E-state index contributed by atoms with van der Waals surface area (Å²) in [6.07, 6.45) is 2.44. The van der Waals surface area contributed by atoms with E-state index < -0.39 is 0 Å².